The Balaban J connectivity index is 0.00000484. The van der Waals surface area contributed by atoms with Gasteiger partial charge >= 0.3 is 0 Å². The minimum Gasteiger partial charge on any atom is -1.00 e. The maximum absolute atomic E-state index is 2.44. The molecule has 0 unspecified atom stereocenters. The van der Waals surface area contributed by atoms with E-state index in [0.29, 0.717) is 0 Å². The first-order valence-corrected chi connectivity index (χ1v) is 9.83. The molecule has 136 valence electrons. The zero-order chi connectivity index (χ0) is 16.0. The van der Waals surface area contributed by atoms with E-state index >= 15 is 0 Å². The monoisotopic (exact) mass is 386 g/mol. The number of imidazole rings is 1. The van der Waals surface area contributed by atoms with Crippen LogP contribution in [0.5, 0.6) is 0 Å². The van der Waals surface area contributed by atoms with Crippen molar-refractivity contribution in [3.63, 3.8) is 0 Å². The third-order valence-corrected chi connectivity index (χ3v) is 4.62. The van der Waals surface area contributed by atoms with Gasteiger partial charge in [0.05, 0.1) is 13.1 Å². The summed E-state index contributed by atoms with van der Waals surface area (Å²) >= 11 is 0. The molecule has 0 saturated heterocycles. The summed E-state index contributed by atoms with van der Waals surface area (Å²) in [6.45, 7) is 9.20. The number of hydrogen-bond acceptors (Lipinski definition) is 0. The molecule has 2 nitrogen and oxygen atoms in total. The van der Waals surface area contributed by atoms with Crippen LogP contribution in [0.2, 0.25) is 0 Å². The highest BCUT2D eigenvalue weighted by Gasteiger charge is 2.08. The van der Waals surface area contributed by atoms with Gasteiger partial charge in [-0.05, 0) is 25.7 Å². The van der Waals surface area contributed by atoms with Crippen LogP contribution in [0.4, 0.5) is 0 Å². The predicted octanol–water partition coefficient (Wildman–Crippen LogP) is 2.81. The molecule has 1 aromatic rings. The summed E-state index contributed by atoms with van der Waals surface area (Å²) in [6, 6.07) is 0. The Kier molecular flexibility index (Phi) is 15.0. The third kappa shape index (κ3) is 11.0. The van der Waals surface area contributed by atoms with Crippen molar-refractivity contribution in [3.8, 4) is 0 Å². The molecule has 0 aromatic carbocycles. The van der Waals surface area contributed by atoms with E-state index in [-0.39, 0.29) is 17.0 Å². The number of aromatic nitrogens is 2. The summed E-state index contributed by atoms with van der Waals surface area (Å²) < 4.78 is 4.84. The second-order valence-electron chi connectivity index (χ2n) is 6.85. The summed E-state index contributed by atoms with van der Waals surface area (Å²) in [5, 5.41) is 0. The van der Waals surface area contributed by atoms with Crippen LogP contribution in [0.3, 0.4) is 0 Å². The van der Waals surface area contributed by atoms with Gasteiger partial charge in [0.2, 0.25) is 6.33 Å². The molecule has 0 aliphatic carbocycles. The molecule has 1 heterocycles. The van der Waals surface area contributed by atoms with Crippen molar-refractivity contribution >= 4 is 0 Å². The molecule has 0 spiro atoms. The first-order valence-electron chi connectivity index (χ1n) is 9.83. The molecule has 0 radical (unpaired) electrons. The van der Waals surface area contributed by atoms with Gasteiger partial charge in [0, 0.05) is 6.92 Å². The van der Waals surface area contributed by atoms with Crippen LogP contribution < -0.4 is 21.5 Å². The van der Waals surface area contributed by atoms with Crippen LogP contribution in [0, 0.1) is 6.92 Å². The van der Waals surface area contributed by atoms with Crippen LogP contribution >= 0.6 is 0 Å². The van der Waals surface area contributed by atoms with E-state index in [1.165, 1.54) is 95.8 Å². The molecule has 23 heavy (non-hydrogen) atoms. The molecular weight excluding hydrogens is 348 g/mol. The Morgan fingerprint density at radius 1 is 0.783 bits per heavy atom. The molecule has 1 rings (SSSR count). The van der Waals surface area contributed by atoms with Gasteiger partial charge in [0.25, 0.3) is 0 Å². The molecule has 1 aromatic heterocycles. The Bertz CT molecular complexity index is 374. The van der Waals surface area contributed by atoms with Gasteiger partial charge in [0.15, 0.2) is 0 Å². The Hall–Kier alpha value is -0.310. The maximum atomic E-state index is 2.44. The van der Waals surface area contributed by atoms with Gasteiger partial charge in [-0.15, -0.1) is 0 Å². The average molecular weight is 387 g/mol. The van der Waals surface area contributed by atoms with Crippen molar-refractivity contribution in [3.05, 3.63) is 18.2 Å². The van der Waals surface area contributed by atoms with E-state index in [0.717, 1.165) is 0 Å². The number of aryl methyl sites for hydroxylation is 3. The standard InChI is InChI=1S/C20H39N2.BrH/c1-4-6-8-10-12-14-16-21-18-20(3)22(19-21)17-15-13-11-9-7-5-2;/h18-19H,4-17H2,1-3H3;1H/q+1;/p-1. The lowest BCUT2D eigenvalue weighted by molar-refractivity contribution is -0.697. The van der Waals surface area contributed by atoms with Gasteiger partial charge in [0.1, 0.15) is 11.9 Å². The fourth-order valence-corrected chi connectivity index (χ4v) is 3.11. The van der Waals surface area contributed by atoms with E-state index in [9.17, 15) is 0 Å². The molecule has 0 amide bonds. The van der Waals surface area contributed by atoms with Crippen LogP contribution in [0.15, 0.2) is 12.5 Å². The molecule has 3 heteroatoms. The highest BCUT2D eigenvalue weighted by molar-refractivity contribution is 4.88. The van der Waals surface area contributed by atoms with Crippen LogP contribution in [0.25, 0.3) is 0 Å². The summed E-state index contributed by atoms with van der Waals surface area (Å²) in [5.74, 6) is 0. The molecule has 0 aliphatic rings. The highest BCUT2D eigenvalue weighted by Crippen LogP contribution is 2.08. The zero-order valence-corrected chi connectivity index (χ0v) is 17.4. The molecule has 0 atom stereocenters. The lowest BCUT2D eigenvalue weighted by atomic mass is 10.1. The minimum atomic E-state index is 0. The molecule has 0 bridgehead atoms. The number of rotatable bonds is 14. The number of nitrogens with zero attached hydrogens (tertiary/aromatic N) is 2. The van der Waals surface area contributed by atoms with Crippen molar-refractivity contribution in [2.45, 2.75) is 111 Å². The quantitative estimate of drug-likeness (QED) is 0.343. The highest BCUT2D eigenvalue weighted by atomic mass is 79.9. The smallest absolute Gasteiger partial charge is 0.243 e. The SMILES string of the molecule is CCCCCCCCn1c[n+](CCCCCCCC)cc1C.[Br-]. The zero-order valence-electron chi connectivity index (χ0n) is 15.8. The van der Waals surface area contributed by atoms with Crippen LogP contribution in [-0.2, 0) is 13.1 Å². The minimum absolute atomic E-state index is 0. The van der Waals surface area contributed by atoms with Gasteiger partial charge in [-0.1, -0.05) is 65.2 Å². The van der Waals surface area contributed by atoms with Crippen LogP contribution in [-0.4, -0.2) is 4.57 Å². The Morgan fingerprint density at radius 2 is 1.30 bits per heavy atom. The van der Waals surface area contributed by atoms with E-state index < -0.39 is 0 Å². The van der Waals surface area contributed by atoms with Crippen molar-refractivity contribution in [2.24, 2.45) is 0 Å². The fraction of sp³-hybridized carbons (Fsp3) is 0.850. The first kappa shape index (κ1) is 22.7. The molecule has 0 fully saturated rings. The average Bonchev–Trinajstić information content (AvgIpc) is 2.86. The van der Waals surface area contributed by atoms with E-state index in [4.69, 9.17) is 0 Å². The van der Waals surface area contributed by atoms with Crippen molar-refractivity contribution in [1.29, 1.82) is 0 Å². The Morgan fingerprint density at radius 3 is 1.91 bits per heavy atom. The van der Waals surface area contributed by atoms with E-state index in [2.05, 4.69) is 42.4 Å². The molecule has 0 aliphatic heterocycles. The second kappa shape index (κ2) is 15.2. The number of unbranched alkanes of at least 4 members (excludes halogenated alkanes) is 10. The lowest BCUT2D eigenvalue weighted by Gasteiger charge is -2.00. The molecule has 0 N–H and O–H groups in total. The Labute approximate surface area is 155 Å². The number of hydrogen-bond donors (Lipinski definition) is 0. The normalized spacial score (nSPS) is 10.7. The van der Waals surface area contributed by atoms with Gasteiger partial charge < -0.3 is 17.0 Å². The van der Waals surface area contributed by atoms with Crippen molar-refractivity contribution < 1.29 is 21.5 Å². The predicted molar refractivity (Wildman–Crippen MR) is 96.1 cm³/mol. The topological polar surface area (TPSA) is 8.81 Å². The summed E-state index contributed by atoms with van der Waals surface area (Å²) in [6.07, 6.45) is 21.2. The van der Waals surface area contributed by atoms with Crippen LogP contribution in [0.1, 0.15) is 96.6 Å². The second-order valence-corrected chi connectivity index (χ2v) is 6.85. The maximum Gasteiger partial charge on any atom is 0.243 e. The number of halogens is 1. The molecular formula is C20H39BrN2. The first-order chi connectivity index (χ1) is 10.8. The summed E-state index contributed by atoms with van der Waals surface area (Å²) in [4.78, 5) is 0. The lowest BCUT2D eigenvalue weighted by Crippen LogP contribution is -3.00. The van der Waals surface area contributed by atoms with Gasteiger partial charge in [-0.25, -0.2) is 9.13 Å². The van der Waals surface area contributed by atoms with Crippen molar-refractivity contribution in [2.75, 3.05) is 0 Å². The molecule has 0 saturated carbocycles. The third-order valence-electron chi connectivity index (χ3n) is 4.62. The van der Waals surface area contributed by atoms with Gasteiger partial charge in [-0.3, -0.25) is 0 Å². The van der Waals surface area contributed by atoms with Gasteiger partial charge in [-0.2, -0.15) is 0 Å². The summed E-state index contributed by atoms with van der Waals surface area (Å²) in [7, 11) is 0. The summed E-state index contributed by atoms with van der Waals surface area (Å²) in [5.41, 5.74) is 1.42. The van der Waals surface area contributed by atoms with Crippen molar-refractivity contribution in [1.82, 2.24) is 4.57 Å². The largest absolute Gasteiger partial charge is 1.00 e. The van der Waals surface area contributed by atoms with E-state index in [1.807, 2.05) is 0 Å². The van der Waals surface area contributed by atoms with E-state index in [1.54, 1.807) is 0 Å². The fourth-order valence-electron chi connectivity index (χ4n) is 3.11.